The average molecular weight is 608 g/mol. The summed E-state index contributed by atoms with van der Waals surface area (Å²) < 4.78 is 71.1. The quantitative estimate of drug-likeness (QED) is 0.390. The van der Waals surface area contributed by atoms with Crippen LogP contribution in [0.4, 0.5) is 32.4 Å². The Kier molecular flexibility index (Phi) is 8.05. The van der Waals surface area contributed by atoms with E-state index in [0.29, 0.717) is 31.0 Å². The lowest BCUT2D eigenvalue weighted by molar-refractivity contribution is -0.137. The van der Waals surface area contributed by atoms with E-state index >= 15 is 4.39 Å². The van der Waals surface area contributed by atoms with Gasteiger partial charge in [-0.05, 0) is 69.7 Å². The molecule has 2 aromatic carbocycles. The van der Waals surface area contributed by atoms with Gasteiger partial charge in [-0.15, -0.1) is 0 Å². The molecule has 1 aliphatic carbocycles. The van der Waals surface area contributed by atoms with Gasteiger partial charge in [0, 0.05) is 37.8 Å². The molecule has 1 aliphatic heterocycles. The number of nitrogens with zero attached hydrogens (tertiary/aromatic N) is 3. The molecule has 2 N–H and O–H groups in total. The molecule has 0 bridgehead atoms. The van der Waals surface area contributed by atoms with E-state index in [9.17, 15) is 36.7 Å². The average Bonchev–Trinajstić information content (AvgIpc) is 3.76. The van der Waals surface area contributed by atoms with Gasteiger partial charge in [-0.1, -0.05) is 0 Å². The highest BCUT2D eigenvalue weighted by molar-refractivity contribution is 5.95. The number of aromatic nitrogens is 2. The maximum atomic E-state index is 15.2. The second-order valence-electron chi connectivity index (χ2n) is 11.3. The van der Waals surface area contributed by atoms with Crippen LogP contribution in [0.1, 0.15) is 61.5 Å². The smallest absolute Gasteiger partial charge is 0.347 e. The molecule has 0 spiro atoms. The molecule has 2 heterocycles. The number of carbonyl (C=O) groups is 2. The minimum atomic E-state index is -4.77. The Labute approximate surface area is 242 Å². The minimum Gasteiger partial charge on any atom is -0.347 e. The first-order valence-corrected chi connectivity index (χ1v) is 14.0. The minimum absolute atomic E-state index is 0.0672. The highest BCUT2D eigenvalue weighted by Crippen LogP contribution is 2.31. The van der Waals surface area contributed by atoms with Crippen LogP contribution in [0.5, 0.6) is 0 Å². The first kappa shape index (κ1) is 30.2. The number of urea groups is 1. The monoisotopic (exact) mass is 607 g/mol. The third-order valence-electron chi connectivity index (χ3n) is 7.74. The first-order valence-electron chi connectivity index (χ1n) is 14.0. The van der Waals surface area contributed by atoms with Crippen LogP contribution < -0.4 is 21.9 Å². The summed E-state index contributed by atoms with van der Waals surface area (Å²) in [7, 11) is 0. The Bertz CT molecular complexity index is 1710. The van der Waals surface area contributed by atoms with Crippen molar-refractivity contribution >= 4 is 28.5 Å². The molecular weight excluding hydrogens is 577 g/mol. The molecule has 230 valence electrons. The standard InChI is InChI=1S/C29H30F5N5O4/c1-15(2)39-24-12-22(31)23(11-20(24)26(41)38(28(39)43)13-16-5-6-16)36-27(42)37-9-3-4-18(14-37)35-25(40)19-10-17(29(32,33)34)7-8-21(19)30/h7-8,10-12,15-16,18H,3-6,9,13-14H2,1-2H3,(H,35,40)(H,36,42)/t18-/m1/s1. The van der Waals surface area contributed by atoms with Crippen molar-refractivity contribution in [1.29, 1.82) is 0 Å². The number of amides is 3. The maximum absolute atomic E-state index is 15.2. The van der Waals surface area contributed by atoms with Crippen molar-refractivity contribution in [2.75, 3.05) is 18.4 Å². The summed E-state index contributed by atoms with van der Waals surface area (Å²) in [5.41, 5.74) is -3.23. The lowest BCUT2D eigenvalue weighted by atomic mass is 10.0. The van der Waals surface area contributed by atoms with Gasteiger partial charge in [0.25, 0.3) is 11.5 Å². The van der Waals surface area contributed by atoms with Crippen LogP contribution in [0, 0.1) is 17.6 Å². The molecule has 1 atom stereocenters. The zero-order valence-corrected chi connectivity index (χ0v) is 23.4. The molecule has 1 aromatic heterocycles. The molecule has 43 heavy (non-hydrogen) atoms. The fraction of sp³-hybridized carbons (Fsp3) is 0.448. The zero-order valence-electron chi connectivity index (χ0n) is 23.4. The SMILES string of the molecule is CC(C)n1c(=O)n(CC2CC2)c(=O)c2cc(NC(=O)N3CCC[C@@H](NC(=O)c4cc(C(F)(F)F)ccc4F)C3)c(F)cc21. The molecule has 0 unspecified atom stereocenters. The predicted molar refractivity (Wildman–Crippen MR) is 148 cm³/mol. The van der Waals surface area contributed by atoms with E-state index in [2.05, 4.69) is 10.6 Å². The van der Waals surface area contributed by atoms with E-state index in [4.69, 9.17) is 0 Å². The molecule has 3 aromatic rings. The van der Waals surface area contributed by atoms with Crippen molar-refractivity contribution in [3.05, 3.63) is 73.9 Å². The molecule has 3 amide bonds. The van der Waals surface area contributed by atoms with Gasteiger partial charge in [-0.3, -0.25) is 18.7 Å². The van der Waals surface area contributed by atoms with Crippen molar-refractivity contribution in [2.24, 2.45) is 5.92 Å². The topological polar surface area (TPSA) is 105 Å². The summed E-state index contributed by atoms with van der Waals surface area (Å²) in [6.07, 6.45) is -2.19. The van der Waals surface area contributed by atoms with E-state index in [1.54, 1.807) is 13.8 Å². The van der Waals surface area contributed by atoms with Crippen LogP contribution in [0.2, 0.25) is 0 Å². The number of benzene rings is 2. The van der Waals surface area contributed by atoms with Crippen LogP contribution >= 0.6 is 0 Å². The highest BCUT2D eigenvalue weighted by Gasteiger charge is 2.33. The molecule has 1 saturated carbocycles. The second kappa shape index (κ2) is 11.5. The van der Waals surface area contributed by atoms with Crippen molar-refractivity contribution in [2.45, 2.75) is 64.3 Å². The van der Waals surface area contributed by atoms with E-state index < -0.39 is 58.2 Å². The number of anilines is 1. The van der Waals surface area contributed by atoms with Crippen LogP contribution in [0.15, 0.2) is 39.9 Å². The van der Waals surface area contributed by atoms with Gasteiger partial charge >= 0.3 is 17.9 Å². The Hall–Kier alpha value is -4.23. The predicted octanol–water partition coefficient (Wildman–Crippen LogP) is 4.88. The van der Waals surface area contributed by atoms with Gasteiger partial charge in [0.15, 0.2) is 0 Å². The normalized spacial score (nSPS) is 17.4. The number of fused-ring (bicyclic) bond motifs is 1. The van der Waals surface area contributed by atoms with Crippen molar-refractivity contribution in [3.63, 3.8) is 0 Å². The van der Waals surface area contributed by atoms with Crippen molar-refractivity contribution in [3.8, 4) is 0 Å². The Balaban J connectivity index is 1.35. The summed E-state index contributed by atoms with van der Waals surface area (Å²) in [6.45, 7) is 3.90. The van der Waals surface area contributed by atoms with E-state index in [1.165, 1.54) is 15.5 Å². The summed E-state index contributed by atoms with van der Waals surface area (Å²) >= 11 is 0. The van der Waals surface area contributed by atoms with Crippen LogP contribution in [0.25, 0.3) is 10.9 Å². The number of likely N-dealkylation sites (tertiary alicyclic amines) is 1. The molecule has 2 aliphatic rings. The summed E-state index contributed by atoms with van der Waals surface area (Å²) in [4.78, 5) is 53.4. The number of halogens is 5. The number of hydrogen-bond donors (Lipinski definition) is 2. The van der Waals surface area contributed by atoms with Gasteiger partial charge in [-0.25, -0.2) is 18.4 Å². The van der Waals surface area contributed by atoms with Crippen LogP contribution in [-0.4, -0.2) is 45.1 Å². The van der Waals surface area contributed by atoms with Gasteiger partial charge < -0.3 is 15.5 Å². The van der Waals surface area contributed by atoms with Gasteiger partial charge in [-0.2, -0.15) is 13.2 Å². The fourth-order valence-corrected chi connectivity index (χ4v) is 5.33. The zero-order chi connectivity index (χ0) is 31.2. The molecule has 1 saturated heterocycles. The van der Waals surface area contributed by atoms with Crippen molar-refractivity contribution in [1.82, 2.24) is 19.4 Å². The molecule has 2 fully saturated rings. The highest BCUT2D eigenvalue weighted by atomic mass is 19.4. The second-order valence-corrected chi connectivity index (χ2v) is 11.3. The molecular formula is C29H30F5N5O4. The lowest BCUT2D eigenvalue weighted by Crippen LogP contribution is -2.50. The largest absolute Gasteiger partial charge is 0.416 e. The maximum Gasteiger partial charge on any atom is 0.416 e. The number of alkyl halides is 3. The molecule has 0 radical (unpaired) electrons. The number of carbonyl (C=O) groups excluding carboxylic acids is 2. The summed E-state index contributed by atoms with van der Waals surface area (Å²) in [5.74, 6) is -2.83. The summed E-state index contributed by atoms with van der Waals surface area (Å²) in [5, 5.41) is 5.00. The van der Waals surface area contributed by atoms with Crippen LogP contribution in [0.3, 0.4) is 0 Å². The van der Waals surface area contributed by atoms with Gasteiger partial charge in [0.05, 0.1) is 27.7 Å². The van der Waals surface area contributed by atoms with E-state index in [0.717, 1.165) is 23.5 Å². The van der Waals surface area contributed by atoms with Gasteiger partial charge in [0.1, 0.15) is 11.6 Å². The lowest BCUT2D eigenvalue weighted by Gasteiger charge is -2.33. The number of hydrogen-bond acceptors (Lipinski definition) is 4. The first-order chi connectivity index (χ1) is 20.2. The third-order valence-corrected chi connectivity index (χ3v) is 7.74. The number of nitrogens with one attached hydrogen (secondary N) is 2. The molecule has 9 nitrogen and oxygen atoms in total. The van der Waals surface area contributed by atoms with E-state index in [1.807, 2.05) is 0 Å². The Morgan fingerprint density at radius 1 is 1.02 bits per heavy atom. The molecule has 14 heteroatoms. The van der Waals surface area contributed by atoms with E-state index in [-0.39, 0.29) is 48.2 Å². The third kappa shape index (κ3) is 6.27. The van der Waals surface area contributed by atoms with Gasteiger partial charge in [0.2, 0.25) is 0 Å². The number of piperidine rings is 1. The van der Waals surface area contributed by atoms with Crippen molar-refractivity contribution < 1.29 is 31.5 Å². The van der Waals surface area contributed by atoms with Crippen LogP contribution in [-0.2, 0) is 12.7 Å². The molecule has 5 rings (SSSR count). The fourth-order valence-electron chi connectivity index (χ4n) is 5.33. The Morgan fingerprint density at radius 2 is 1.74 bits per heavy atom. The summed E-state index contributed by atoms with van der Waals surface area (Å²) in [6, 6.07) is 1.95. The number of rotatable bonds is 6. The Morgan fingerprint density at radius 3 is 2.40 bits per heavy atom.